The molecular formula is C33H41ClN4O6. The molecule has 1 amide bonds. The predicted octanol–water partition coefficient (Wildman–Crippen LogP) is 6.18. The monoisotopic (exact) mass is 624 g/mol. The van der Waals surface area contributed by atoms with Gasteiger partial charge in [-0.25, -0.2) is 0 Å². The number of carboxylic acid groups (broad SMARTS) is 1. The van der Waals surface area contributed by atoms with Crippen molar-refractivity contribution in [1.29, 1.82) is 0 Å². The minimum Gasteiger partial charge on any atom is -0.493 e. The largest absolute Gasteiger partial charge is 0.493 e. The van der Waals surface area contributed by atoms with Crippen LogP contribution < -0.4 is 9.47 Å². The van der Waals surface area contributed by atoms with E-state index in [-0.39, 0.29) is 30.1 Å². The molecular weight excluding hydrogens is 584 g/mol. The number of likely N-dealkylation sites (tertiary alicyclic amines) is 1. The van der Waals surface area contributed by atoms with Crippen molar-refractivity contribution >= 4 is 23.5 Å². The minimum atomic E-state index is -0.792. The molecule has 0 radical (unpaired) electrons. The number of carboxylic acids is 1. The summed E-state index contributed by atoms with van der Waals surface area (Å²) in [5.74, 6) is 1.89. The van der Waals surface area contributed by atoms with Crippen molar-refractivity contribution in [3.8, 4) is 17.2 Å². The van der Waals surface area contributed by atoms with E-state index in [4.69, 9.17) is 30.9 Å². The molecule has 2 atom stereocenters. The van der Waals surface area contributed by atoms with Crippen molar-refractivity contribution in [3.63, 3.8) is 0 Å². The lowest BCUT2D eigenvalue weighted by Crippen LogP contribution is -2.39. The maximum atomic E-state index is 13.4. The second-order valence-electron chi connectivity index (χ2n) is 12.8. The molecule has 2 aliphatic rings. The smallest absolute Gasteiger partial charge is 0.303 e. The SMILES string of the molecule is COc1cccc([C@H]2O[C@H](CCC(=O)N3CCC(CC(=O)O)CC3)c3nnc(CC(C)(C)C)n3-c3ccc(Cl)cc32)c1OC. The number of nitrogens with zero attached hydrogens (tertiary/aromatic N) is 4. The Hall–Kier alpha value is -3.63. The topological polar surface area (TPSA) is 116 Å². The van der Waals surface area contributed by atoms with Crippen molar-refractivity contribution in [2.75, 3.05) is 27.3 Å². The number of halogens is 1. The zero-order valence-corrected chi connectivity index (χ0v) is 26.8. The molecule has 5 rings (SSSR count). The fourth-order valence-electron chi connectivity index (χ4n) is 6.23. The summed E-state index contributed by atoms with van der Waals surface area (Å²) >= 11 is 6.59. The average Bonchev–Trinajstić information content (AvgIpc) is 3.32. The highest BCUT2D eigenvalue weighted by atomic mass is 35.5. The van der Waals surface area contributed by atoms with Crippen LogP contribution in [-0.2, 0) is 20.7 Å². The lowest BCUT2D eigenvalue weighted by atomic mass is 9.91. The molecule has 1 aromatic heterocycles. The van der Waals surface area contributed by atoms with E-state index in [2.05, 4.69) is 35.5 Å². The lowest BCUT2D eigenvalue weighted by Gasteiger charge is -2.32. The number of piperidine rings is 1. The Morgan fingerprint density at radius 2 is 1.82 bits per heavy atom. The number of benzene rings is 2. The summed E-state index contributed by atoms with van der Waals surface area (Å²) in [5.41, 5.74) is 2.40. The zero-order chi connectivity index (χ0) is 31.6. The van der Waals surface area contributed by atoms with E-state index in [9.17, 15) is 9.59 Å². The average molecular weight is 625 g/mol. The third-order valence-electron chi connectivity index (χ3n) is 8.31. The summed E-state index contributed by atoms with van der Waals surface area (Å²) < 4.78 is 20.4. The number of rotatable bonds is 9. The molecule has 10 nitrogen and oxygen atoms in total. The number of ether oxygens (including phenoxy) is 3. The molecule has 3 aromatic rings. The van der Waals surface area contributed by atoms with Crippen LogP contribution in [0.25, 0.3) is 5.69 Å². The molecule has 0 bridgehead atoms. The fourth-order valence-corrected chi connectivity index (χ4v) is 6.41. The van der Waals surface area contributed by atoms with E-state index in [1.165, 1.54) is 0 Å². The molecule has 1 fully saturated rings. The molecule has 11 heteroatoms. The highest BCUT2D eigenvalue weighted by Gasteiger charge is 2.37. The molecule has 0 saturated carbocycles. The highest BCUT2D eigenvalue weighted by molar-refractivity contribution is 6.30. The van der Waals surface area contributed by atoms with E-state index < -0.39 is 18.2 Å². The molecule has 1 saturated heterocycles. The predicted molar refractivity (Wildman–Crippen MR) is 166 cm³/mol. The van der Waals surface area contributed by atoms with Gasteiger partial charge in [0.2, 0.25) is 5.91 Å². The van der Waals surface area contributed by atoms with Crippen molar-refractivity contribution in [2.24, 2.45) is 11.3 Å². The van der Waals surface area contributed by atoms with Crippen LogP contribution in [0.5, 0.6) is 11.5 Å². The van der Waals surface area contributed by atoms with E-state index in [1.807, 2.05) is 41.3 Å². The molecule has 44 heavy (non-hydrogen) atoms. The van der Waals surface area contributed by atoms with Gasteiger partial charge in [0.25, 0.3) is 0 Å². The quantitative estimate of drug-likeness (QED) is 0.300. The first-order valence-corrected chi connectivity index (χ1v) is 15.5. The molecule has 0 aliphatic carbocycles. The van der Waals surface area contributed by atoms with Gasteiger partial charge in [-0.2, -0.15) is 0 Å². The van der Waals surface area contributed by atoms with Gasteiger partial charge in [-0.15, -0.1) is 10.2 Å². The summed E-state index contributed by atoms with van der Waals surface area (Å²) in [5, 5.41) is 19.0. The lowest BCUT2D eigenvalue weighted by molar-refractivity contribution is -0.138. The van der Waals surface area contributed by atoms with Gasteiger partial charge in [0.05, 0.1) is 19.9 Å². The number of hydrogen-bond donors (Lipinski definition) is 1. The number of hydrogen-bond acceptors (Lipinski definition) is 7. The van der Waals surface area contributed by atoms with Crippen LogP contribution in [0.4, 0.5) is 0 Å². The van der Waals surface area contributed by atoms with Crippen LogP contribution >= 0.6 is 11.6 Å². The number of aromatic nitrogens is 3. The van der Waals surface area contributed by atoms with E-state index in [0.29, 0.717) is 61.1 Å². The number of methoxy groups -OCH3 is 2. The van der Waals surface area contributed by atoms with Gasteiger partial charge in [0, 0.05) is 48.5 Å². The summed E-state index contributed by atoms with van der Waals surface area (Å²) in [6.45, 7) is 7.59. The van der Waals surface area contributed by atoms with E-state index >= 15 is 0 Å². The number of amides is 1. The maximum Gasteiger partial charge on any atom is 0.303 e. The third kappa shape index (κ3) is 6.86. The number of para-hydroxylation sites is 1. The molecule has 0 spiro atoms. The Kier molecular flexibility index (Phi) is 9.51. The van der Waals surface area contributed by atoms with Gasteiger partial charge in [0.15, 0.2) is 17.3 Å². The first-order valence-electron chi connectivity index (χ1n) is 15.1. The Bertz CT molecular complexity index is 1510. The highest BCUT2D eigenvalue weighted by Crippen LogP contribution is 2.46. The second-order valence-corrected chi connectivity index (χ2v) is 13.2. The minimum absolute atomic E-state index is 0.0173. The Balaban J connectivity index is 1.52. The van der Waals surface area contributed by atoms with Gasteiger partial charge in [-0.1, -0.05) is 44.5 Å². The van der Waals surface area contributed by atoms with Crippen molar-refractivity contribution in [2.45, 2.75) is 71.5 Å². The number of carbonyl (C=O) groups excluding carboxylic acids is 1. The molecule has 0 unspecified atom stereocenters. The first-order chi connectivity index (χ1) is 21.0. The molecule has 1 N–H and O–H groups in total. The van der Waals surface area contributed by atoms with E-state index in [1.54, 1.807) is 14.2 Å². The van der Waals surface area contributed by atoms with Gasteiger partial charge >= 0.3 is 5.97 Å². The number of fused-ring (bicyclic) bond motifs is 3. The third-order valence-corrected chi connectivity index (χ3v) is 8.55. The van der Waals surface area contributed by atoms with Gasteiger partial charge in [-0.3, -0.25) is 14.2 Å². The van der Waals surface area contributed by atoms with E-state index in [0.717, 1.165) is 22.6 Å². The van der Waals surface area contributed by atoms with Crippen molar-refractivity contribution in [1.82, 2.24) is 19.7 Å². The normalized spacial score (nSPS) is 18.7. The van der Waals surface area contributed by atoms with Crippen molar-refractivity contribution in [3.05, 3.63) is 64.2 Å². The summed E-state index contributed by atoms with van der Waals surface area (Å²) in [6.07, 6.45) is 1.64. The zero-order valence-electron chi connectivity index (χ0n) is 26.0. The van der Waals surface area contributed by atoms with Crippen LogP contribution in [-0.4, -0.2) is 64.0 Å². The van der Waals surface area contributed by atoms with Crippen LogP contribution in [0.3, 0.4) is 0 Å². The molecule has 2 aromatic carbocycles. The van der Waals surface area contributed by atoms with Crippen molar-refractivity contribution < 1.29 is 28.9 Å². The summed E-state index contributed by atoms with van der Waals surface area (Å²) in [7, 11) is 3.20. The van der Waals surface area contributed by atoms with Gasteiger partial charge in [0.1, 0.15) is 18.0 Å². The Morgan fingerprint density at radius 1 is 1.07 bits per heavy atom. The van der Waals surface area contributed by atoms with Gasteiger partial charge in [-0.05, 0) is 54.9 Å². The van der Waals surface area contributed by atoms with Crippen LogP contribution in [0, 0.1) is 11.3 Å². The van der Waals surface area contributed by atoms with Crippen LogP contribution in [0.2, 0.25) is 5.02 Å². The molecule has 236 valence electrons. The van der Waals surface area contributed by atoms with Crippen LogP contribution in [0.15, 0.2) is 36.4 Å². The summed E-state index contributed by atoms with van der Waals surface area (Å²) in [6, 6.07) is 11.4. The number of aliphatic carboxylic acids is 1. The Labute approximate surface area is 263 Å². The fraction of sp³-hybridized carbons (Fsp3) is 0.515. The Morgan fingerprint density at radius 3 is 2.48 bits per heavy atom. The number of carbonyl (C=O) groups is 2. The summed E-state index contributed by atoms with van der Waals surface area (Å²) in [4.78, 5) is 26.4. The molecule has 2 aliphatic heterocycles. The maximum absolute atomic E-state index is 13.4. The van der Waals surface area contributed by atoms with Crippen LogP contribution in [0.1, 0.15) is 87.9 Å². The first kappa shape index (κ1) is 31.8. The standard InChI is InChI=1S/C33H41ClN4O6/c1-33(2,3)19-27-35-36-32-26(11-12-28(39)37-15-13-20(14-16-37)17-29(40)41)44-30(22-7-6-8-25(42-4)31(22)43-5)23-18-21(34)9-10-24(23)38(27)32/h6-10,18,20,26,30H,11-17,19H2,1-5H3,(H,40,41)/t26-,30-/m1/s1. The van der Waals surface area contributed by atoms with Gasteiger partial charge < -0.3 is 24.2 Å². The molecule has 3 heterocycles. The second kappa shape index (κ2) is 13.2.